The smallest absolute Gasteiger partial charge is 0.270 e. The highest BCUT2D eigenvalue weighted by Gasteiger charge is 2.22. The van der Waals surface area contributed by atoms with Crippen molar-refractivity contribution in [2.45, 2.75) is 64.3 Å². The van der Waals surface area contributed by atoms with Crippen molar-refractivity contribution >= 4 is 11.6 Å². The maximum atomic E-state index is 13.0. The summed E-state index contributed by atoms with van der Waals surface area (Å²) >= 11 is 0. The molecule has 0 saturated heterocycles. The van der Waals surface area contributed by atoms with Crippen LogP contribution in [0.3, 0.4) is 0 Å². The van der Waals surface area contributed by atoms with Gasteiger partial charge in [-0.25, -0.2) is 4.98 Å². The summed E-state index contributed by atoms with van der Waals surface area (Å²) in [5.41, 5.74) is 2.18. The molecule has 3 rings (SSSR count). The van der Waals surface area contributed by atoms with Crippen molar-refractivity contribution in [2.24, 2.45) is 0 Å². The van der Waals surface area contributed by atoms with Crippen LogP contribution in [0.1, 0.15) is 68.1 Å². The van der Waals surface area contributed by atoms with E-state index in [-0.39, 0.29) is 11.9 Å². The molecule has 0 unspecified atom stereocenters. The lowest BCUT2D eigenvalue weighted by molar-refractivity contribution is 0.0923. The van der Waals surface area contributed by atoms with Crippen LogP contribution in [0.4, 0.5) is 0 Å². The Hall–Kier alpha value is -2.04. The van der Waals surface area contributed by atoms with Gasteiger partial charge in [0.25, 0.3) is 5.91 Å². The van der Waals surface area contributed by atoms with Crippen LogP contribution in [-0.4, -0.2) is 28.4 Å². The number of fused-ring (bicyclic) bond motifs is 1. The van der Waals surface area contributed by atoms with E-state index in [1.807, 2.05) is 29.7 Å². The second kappa shape index (κ2) is 7.69. The number of rotatable bonds is 4. The second-order valence-corrected chi connectivity index (χ2v) is 6.55. The number of hydrogen-bond acceptors (Lipinski definition) is 3. The first-order chi connectivity index (χ1) is 11.7. The normalized spacial score (nSPS) is 16.6. The topological polar surface area (TPSA) is 55.6 Å². The number of carbonyl (C=O) groups excluding carboxylic acids is 1. The number of imidazole rings is 1. The molecular weight excluding hydrogens is 302 g/mol. The fraction of sp³-hybridized carbons (Fsp3) is 0.579. The summed E-state index contributed by atoms with van der Waals surface area (Å²) in [4.78, 5) is 17.6. The zero-order valence-electron chi connectivity index (χ0n) is 14.7. The quantitative estimate of drug-likeness (QED) is 0.929. The van der Waals surface area contributed by atoms with Crippen molar-refractivity contribution in [2.75, 3.05) is 7.11 Å². The van der Waals surface area contributed by atoms with Crippen molar-refractivity contribution < 1.29 is 9.53 Å². The minimum atomic E-state index is -0.0156. The average Bonchev–Trinajstić information content (AvgIpc) is 2.95. The summed E-state index contributed by atoms with van der Waals surface area (Å²) in [6.07, 6.45) is 11.0. The van der Waals surface area contributed by atoms with Gasteiger partial charge in [0.2, 0.25) is 0 Å². The lowest BCUT2D eigenvalue weighted by Crippen LogP contribution is -2.36. The van der Waals surface area contributed by atoms with Gasteiger partial charge in [-0.05, 0) is 31.4 Å². The summed E-state index contributed by atoms with van der Waals surface area (Å²) in [5, 5.41) is 3.25. The van der Waals surface area contributed by atoms with Crippen molar-refractivity contribution in [1.29, 1.82) is 0 Å². The van der Waals surface area contributed by atoms with Crippen molar-refractivity contribution in [3.05, 3.63) is 29.7 Å². The molecule has 0 atom stereocenters. The Bertz CT molecular complexity index is 700. The average molecular weight is 329 g/mol. The second-order valence-electron chi connectivity index (χ2n) is 6.55. The maximum absolute atomic E-state index is 13.0. The van der Waals surface area contributed by atoms with Gasteiger partial charge in [-0.3, -0.25) is 9.20 Å². The highest BCUT2D eigenvalue weighted by atomic mass is 16.5. The maximum Gasteiger partial charge on any atom is 0.270 e. The first-order valence-electron chi connectivity index (χ1n) is 9.09. The molecule has 1 fully saturated rings. The van der Waals surface area contributed by atoms with Crippen molar-refractivity contribution in [3.8, 4) is 5.75 Å². The molecule has 0 aromatic carbocycles. The Kier molecular flexibility index (Phi) is 5.38. The van der Waals surface area contributed by atoms with E-state index in [0.29, 0.717) is 17.1 Å². The summed E-state index contributed by atoms with van der Waals surface area (Å²) in [6, 6.07) is 4.04. The van der Waals surface area contributed by atoms with Crippen LogP contribution in [0.2, 0.25) is 0 Å². The Balaban J connectivity index is 1.88. The molecule has 130 valence electrons. The van der Waals surface area contributed by atoms with Crippen LogP contribution in [0.25, 0.3) is 5.65 Å². The lowest BCUT2D eigenvalue weighted by Gasteiger charge is -2.21. The minimum Gasteiger partial charge on any atom is -0.493 e. The number of nitrogens with zero attached hydrogens (tertiary/aromatic N) is 2. The Labute approximate surface area is 143 Å². The van der Waals surface area contributed by atoms with Gasteiger partial charge in [0.15, 0.2) is 11.4 Å². The third-order valence-electron chi connectivity index (χ3n) is 4.90. The first-order valence-corrected chi connectivity index (χ1v) is 9.09. The standard InChI is InChI=1S/C19H27N3O2/c1-3-15-17(22-13-9-12-16(24-2)18(22)21-15)19(23)20-14-10-7-5-4-6-8-11-14/h9,12-14H,3-8,10-11H2,1-2H3,(H,20,23). The number of methoxy groups -OCH3 is 1. The lowest BCUT2D eigenvalue weighted by atomic mass is 9.96. The van der Waals surface area contributed by atoms with Gasteiger partial charge in [-0.15, -0.1) is 0 Å². The molecule has 0 radical (unpaired) electrons. The predicted octanol–water partition coefficient (Wildman–Crippen LogP) is 3.75. The summed E-state index contributed by atoms with van der Waals surface area (Å²) in [6.45, 7) is 2.03. The predicted molar refractivity (Wildman–Crippen MR) is 94.7 cm³/mol. The number of nitrogens with one attached hydrogen (secondary N) is 1. The molecule has 0 spiro atoms. The zero-order valence-corrected chi connectivity index (χ0v) is 14.7. The number of hydrogen-bond donors (Lipinski definition) is 1. The van der Waals surface area contributed by atoms with E-state index in [4.69, 9.17) is 4.74 Å². The Morgan fingerprint density at radius 1 is 1.29 bits per heavy atom. The van der Waals surface area contributed by atoms with Gasteiger partial charge in [0.05, 0.1) is 12.8 Å². The van der Waals surface area contributed by atoms with Gasteiger partial charge >= 0.3 is 0 Å². The number of carbonyl (C=O) groups is 1. The van der Waals surface area contributed by atoms with E-state index >= 15 is 0 Å². The molecule has 2 aromatic heterocycles. The SMILES string of the molecule is CCc1nc2c(OC)cccn2c1C(=O)NC1CCCCCCC1. The van der Waals surface area contributed by atoms with Crippen LogP contribution < -0.4 is 10.1 Å². The van der Waals surface area contributed by atoms with E-state index in [1.54, 1.807) is 7.11 Å². The highest BCUT2D eigenvalue weighted by Crippen LogP contribution is 2.23. The number of amides is 1. The van der Waals surface area contributed by atoms with Crippen LogP contribution in [-0.2, 0) is 6.42 Å². The van der Waals surface area contributed by atoms with E-state index in [2.05, 4.69) is 10.3 Å². The Morgan fingerprint density at radius 3 is 2.67 bits per heavy atom. The van der Waals surface area contributed by atoms with Crippen LogP contribution in [0.5, 0.6) is 5.75 Å². The molecule has 24 heavy (non-hydrogen) atoms. The molecule has 2 heterocycles. The fourth-order valence-electron chi connectivity index (χ4n) is 3.59. The third-order valence-corrected chi connectivity index (χ3v) is 4.90. The number of pyridine rings is 1. The summed E-state index contributed by atoms with van der Waals surface area (Å²) in [7, 11) is 1.63. The highest BCUT2D eigenvalue weighted by molar-refractivity contribution is 5.95. The molecule has 5 heteroatoms. The van der Waals surface area contributed by atoms with Crippen LogP contribution >= 0.6 is 0 Å². The molecule has 1 aliphatic rings. The molecule has 5 nitrogen and oxygen atoms in total. The van der Waals surface area contributed by atoms with E-state index in [0.717, 1.165) is 25.0 Å². The van der Waals surface area contributed by atoms with Crippen molar-refractivity contribution in [3.63, 3.8) is 0 Å². The van der Waals surface area contributed by atoms with Gasteiger partial charge in [0, 0.05) is 12.2 Å². The molecule has 1 aliphatic carbocycles. The third kappa shape index (κ3) is 3.40. The van der Waals surface area contributed by atoms with Gasteiger partial charge in [-0.1, -0.05) is 39.0 Å². The molecule has 1 N–H and O–H groups in total. The van der Waals surface area contributed by atoms with E-state index in [9.17, 15) is 4.79 Å². The van der Waals surface area contributed by atoms with Gasteiger partial charge in [-0.2, -0.15) is 0 Å². The first kappa shape index (κ1) is 16.8. The van der Waals surface area contributed by atoms with Crippen LogP contribution in [0.15, 0.2) is 18.3 Å². The summed E-state index contributed by atoms with van der Waals surface area (Å²) < 4.78 is 7.24. The fourth-order valence-corrected chi connectivity index (χ4v) is 3.59. The van der Waals surface area contributed by atoms with Crippen molar-refractivity contribution in [1.82, 2.24) is 14.7 Å². The van der Waals surface area contributed by atoms with Gasteiger partial charge < -0.3 is 10.1 Å². The number of aryl methyl sites for hydroxylation is 1. The molecule has 0 aliphatic heterocycles. The monoisotopic (exact) mass is 329 g/mol. The number of ether oxygens (including phenoxy) is 1. The minimum absolute atomic E-state index is 0.0156. The van der Waals surface area contributed by atoms with Crippen LogP contribution in [0, 0.1) is 0 Å². The summed E-state index contributed by atoms with van der Waals surface area (Å²) in [5.74, 6) is 0.676. The van der Waals surface area contributed by atoms with Gasteiger partial charge in [0.1, 0.15) is 5.69 Å². The molecule has 2 aromatic rings. The Morgan fingerprint density at radius 2 is 2.00 bits per heavy atom. The molecule has 1 amide bonds. The molecular formula is C19H27N3O2. The van der Waals surface area contributed by atoms with E-state index < -0.39 is 0 Å². The molecule has 0 bridgehead atoms. The zero-order chi connectivity index (χ0) is 16.9. The van der Waals surface area contributed by atoms with E-state index in [1.165, 1.54) is 32.1 Å². The number of aromatic nitrogens is 2. The largest absolute Gasteiger partial charge is 0.493 e. The molecule has 1 saturated carbocycles.